The van der Waals surface area contributed by atoms with Crippen LogP contribution in [0, 0.1) is 5.92 Å². The molecule has 0 spiro atoms. The Balaban J connectivity index is 2.86. The van der Waals surface area contributed by atoms with E-state index in [1.54, 1.807) is 12.1 Å². The maximum atomic E-state index is 10.1. The molecule has 2 nitrogen and oxygen atoms in total. The molecule has 0 amide bonds. The first-order chi connectivity index (χ1) is 8.45. The van der Waals surface area contributed by atoms with Crippen molar-refractivity contribution >= 4 is 23.2 Å². The molecule has 18 heavy (non-hydrogen) atoms. The van der Waals surface area contributed by atoms with Crippen LogP contribution in [0.4, 0.5) is 0 Å². The van der Waals surface area contributed by atoms with Crippen molar-refractivity contribution in [3.8, 4) is 5.75 Å². The summed E-state index contributed by atoms with van der Waals surface area (Å²) in [5, 5.41) is 11.1. The van der Waals surface area contributed by atoms with Crippen molar-refractivity contribution in [3.05, 3.63) is 27.7 Å². The number of aliphatic hydroxyl groups excluding tert-OH is 1. The maximum Gasteiger partial charge on any atom is 0.139 e. The van der Waals surface area contributed by atoms with E-state index in [1.807, 2.05) is 6.92 Å². The quantitative estimate of drug-likeness (QED) is 0.811. The van der Waals surface area contributed by atoms with E-state index >= 15 is 0 Å². The van der Waals surface area contributed by atoms with Crippen LogP contribution in [0.2, 0.25) is 10.0 Å². The Morgan fingerprint density at radius 1 is 1.17 bits per heavy atom. The van der Waals surface area contributed by atoms with Crippen LogP contribution in [-0.2, 0) is 0 Å². The third-order valence-electron chi connectivity index (χ3n) is 2.73. The monoisotopic (exact) mass is 290 g/mol. The highest BCUT2D eigenvalue weighted by Crippen LogP contribution is 2.35. The van der Waals surface area contributed by atoms with Crippen molar-refractivity contribution in [3.63, 3.8) is 0 Å². The molecular formula is C14H20Cl2O2. The first kappa shape index (κ1) is 15.6. The summed E-state index contributed by atoms with van der Waals surface area (Å²) in [6.07, 6.45) is 1.05. The summed E-state index contributed by atoms with van der Waals surface area (Å²) in [4.78, 5) is 0. The summed E-state index contributed by atoms with van der Waals surface area (Å²) in [5.41, 5.74) is 0.672. The van der Waals surface area contributed by atoms with Crippen LogP contribution in [0.25, 0.3) is 0 Å². The zero-order valence-electron chi connectivity index (χ0n) is 11.0. The van der Waals surface area contributed by atoms with Gasteiger partial charge in [0.1, 0.15) is 5.75 Å². The Labute approximate surface area is 119 Å². The maximum absolute atomic E-state index is 10.1. The van der Waals surface area contributed by atoms with Crippen molar-refractivity contribution in [1.29, 1.82) is 0 Å². The van der Waals surface area contributed by atoms with Gasteiger partial charge in [0.05, 0.1) is 22.8 Å². The SMILES string of the molecule is CCOc1cc(Cl)c(C(O)CCC(C)C)cc1Cl. The van der Waals surface area contributed by atoms with Crippen LogP contribution in [0.15, 0.2) is 12.1 Å². The standard InChI is InChI=1S/C14H20Cl2O2/c1-4-18-14-8-11(15)10(7-12(14)16)13(17)6-5-9(2)3/h7-9,13,17H,4-6H2,1-3H3. The van der Waals surface area contributed by atoms with Gasteiger partial charge in [0.25, 0.3) is 0 Å². The first-order valence-corrected chi connectivity index (χ1v) is 7.01. The molecule has 0 aliphatic heterocycles. The molecule has 0 bridgehead atoms. The lowest BCUT2D eigenvalue weighted by Crippen LogP contribution is -2.02. The predicted octanol–water partition coefficient (Wildman–Crippen LogP) is 4.86. The number of hydrogen-bond acceptors (Lipinski definition) is 2. The second-order valence-corrected chi connectivity index (χ2v) is 5.54. The van der Waals surface area contributed by atoms with Crippen LogP contribution >= 0.6 is 23.2 Å². The fraction of sp³-hybridized carbons (Fsp3) is 0.571. The lowest BCUT2D eigenvalue weighted by molar-refractivity contribution is 0.159. The topological polar surface area (TPSA) is 29.5 Å². The van der Waals surface area contributed by atoms with E-state index in [2.05, 4.69) is 13.8 Å². The number of benzene rings is 1. The first-order valence-electron chi connectivity index (χ1n) is 6.25. The Hall–Kier alpha value is -0.440. The molecule has 0 radical (unpaired) electrons. The lowest BCUT2D eigenvalue weighted by Gasteiger charge is -2.16. The van der Waals surface area contributed by atoms with Gasteiger partial charge in [-0.15, -0.1) is 0 Å². The molecule has 1 aromatic rings. The average molecular weight is 291 g/mol. The van der Waals surface area contributed by atoms with Gasteiger partial charge in [-0.1, -0.05) is 37.0 Å². The third-order valence-corrected chi connectivity index (χ3v) is 3.35. The highest BCUT2D eigenvalue weighted by Gasteiger charge is 2.15. The number of rotatable bonds is 6. The van der Waals surface area contributed by atoms with E-state index < -0.39 is 6.10 Å². The summed E-state index contributed by atoms with van der Waals surface area (Å²) in [6, 6.07) is 3.36. The molecule has 0 fully saturated rings. The lowest BCUT2D eigenvalue weighted by atomic mass is 10.00. The Kier molecular flexibility index (Phi) is 6.27. The van der Waals surface area contributed by atoms with E-state index in [4.69, 9.17) is 27.9 Å². The molecule has 1 unspecified atom stereocenters. The minimum atomic E-state index is -0.576. The number of hydrogen-bond donors (Lipinski definition) is 1. The van der Waals surface area contributed by atoms with E-state index in [1.165, 1.54) is 0 Å². The summed E-state index contributed by atoms with van der Waals surface area (Å²) in [5.74, 6) is 1.11. The van der Waals surface area contributed by atoms with Gasteiger partial charge in [-0.2, -0.15) is 0 Å². The highest BCUT2D eigenvalue weighted by atomic mass is 35.5. The van der Waals surface area contributed by atoms with E-state index in [0.717, 1.165) is 6.42 Å². The van der Waals surface area contributed by atoms with E-state index in [-0.39, 0.29) is 0 Å². The summed E-state index contributed by atoms with van der Waals surface area (Å²) >= 11 is 12.2. The van der Waals surface area contributed by atoms with Crippen LogP contribution < -0.4 is 4.74 Å². The molecule has 4 heteroatoms. The van der Waals surface area contributed by atoms with E-state index in [0.29, 0.717) is 40.3 Å². The molecule has 0 saturated heterocycles. The van der Waals surface area contributed by atoms with Crippen molar-refractivity contribution in [1.82, 2.24) is 0 Å². The van der Waals surface area contributed by atoms with Gasteiger partial charge in [0, 0.05) is 11.6 Å². The number of halogens is 2. The van der Waals surface area contributed by atoms with Crippen LogP contribution in [-0.4, -0.2) is 11.7 Å². The van der Waals surface area contributed by atoms with Gasteiger partial charge in [-0.3, -0.25) is 0 Å². The summed E-state index contributed by atoms with van der Waals surface area (Å²) < 4.78 is 5.35. The molecular weight excluding hydrogens is 271 g/mol. The minimum absolute atomic E-state index is 0.486. The second kappa shape index (κ2) is 7.22. The van der Waals surface area contributed by atoms with Gasteiger partial charge in [0.15, 0.2) is 0 Å². The average Bonchev–Trinajstić information content (AvgIpc) is 2.30. The number of ether oxygens (including phenoxy) is 1. The molecule has 1 aromatic carbocycles. The largest absolute Gasteiger partial charge is 0.492 e. The van der Waals surface area contributed by atoms with Crippen molar-refractivity contribution in [2.45, 2.75) is 39.7 Å². The van der Waals surface area contributed by atoms with Crippen molar-refractivity contribution < 1.29 is 9.84 Å². The van der Waals surface area contributed by atoms with Crippen molar-refractivity contribution in [2.24, 2.45) is 5.92 Å². The van der Waals surface area contributed by atoms with Gasteiger partial charge >= 0.3 is 0 Å². The van der Waals surface area contributed by atoms with Crippen LogP contribution in [0.5, 0.6) is 5.75 Å². The molecule has 0 aliphatic carbocycles. The van der Waals surface area contributed by atoms with Gasteiger partial charge in [0.2, 0.25) is 0 Å². The third kappa shape index (κ3) is 4.34. The molecule has 102 valence electrons. The molecule has 0 aromatic heterocycles. The molecule has 1 N–H and O–H groups in total. The van der Waals surface area contributed by atoms with Gasteiger partial charge in [-0.25, -0.2) is 0 Å². The van der Waals surface area contributed by atoms with Crippen LogP contribution in [0.1, 0.15) is 45.3 Å². The zero-order chi connectivity index (χ0) is 13.7. The van der Waals surface area contributed by atoms with Gasteiger partial charge in [-0.05, 0) is 31.7 Å². The normalized spacial score (nSPS) is 12.8. The minimum Gasteiger partial charge on any atom is -0.492 e. The molecule has 1 rings (SSSR count). The molecule has 0 aliphatic rings. The zero-order valence-corrected chi connectivity index (χ0v) is 12.6. The smallest absolute Gasteiger partial charge is 0.139 e. The fourth-order valence-electron chi connectivity index (χ4n) is 1.71. The Morgan fingerprint density at radius 3 is 2.39 bits per heavy atom. The summed E-state index contributed by atoms with van der Waals surface area (Å²) in [6.45, 7) is 6.67. The fourth-order valence-corrected chi connectivity index (χ4v) is 2.22. The van der Waals surface area contributed by atoms with Crippen LogP contribution in [0.3, 0.4) is 0 Å². The summed E-state index contributed by atoms with van der Waals surface area (Å²) in [7, 11) is 0. The Bertz CT molecular complexity index is 392. The second-order valence-electron chi connectivity index (χ2n) is 4.72. The predicted molar refractivity (Wildman–Crippen MR) is 76.7 cm³/mol. The molecule has 1 atom stereocenters. The number of aliphatic hydroxyl groups is 1. The molecule has 0 heterocycles. The van der Waals surface area contributed by atoms with E-state index in [9.17, 15) is 5.11 Å². The van der Waals surface area contributed by atoms with Gasteiger partial charge < -0.3 is 9.84 Å². The van der Waals surface area contributed by atoms with Crippen molar-refractivity contribution in [2.75, 3.05) is 6.61 Å². The highest BCUT2D eigenvalue weighted by molar-refractivity contribution is 6.34. The molecule has 0 saturated carbocycles. The Morgan fingerprint density at radius 2 is 1.83 bits per heavy atom.